The van der Waals surface area contributed by atoms with Crippen molar-refractivity contribution in [3.63, 3.8) is 0 Å². The molecule has 4 aromatic rings. The molecule has 0 aliphatic heterocycles. The summed E-state index contributed by atoms with van der Waals surface area (Å²) in [4.78, 5) is 0.437. The van der Waals surface area contributed by atoms with Gasteiger partial charge in [-0.25, -0.2) is 16.8 Å². The van der Waals surface area contributed by atoms with Gasteiger partial charge < -0.3 is 18.9 Å². The molecule has 4 rings (SSSR count). The second-order valence-electron chi connectivity index (χ2n) is 10.7. The summed E-state index contributed by atoms with van der Waals surface area (Å²) in [5.41, 5.74) is 0. The second kappa shape index (κ2) is 15.3. The molecule has 0 saturated heterocycles. The predicted molar refractivity (Wildman–Crippen MR) is 173 cm³/mol. The Kier molecular flexibility index (Phi) is 11.5. The minimum absolute atomic E-state index is 0.109. The van der Waals surface area contributed by atoms with E-state index in [2.05, 4.69) is 0 Å². The fourth-order valence-corrected chi connectivity index (χ4v) is 7.53. The zero-order valence-corrected chi connectivity index (χ0v) is 27.6. The van der Waals surface area contributed by atoms with Crippen LogP contribution in [0.3, 0.4) is 0 Å². The summed E-state index contributed by atoms with van der Waals surface area (Å²) in [6, 6.07) is 25.4. The standard InChI is InChI=1S/C35H40O8S2/c1-5-11-26(3)42-32-13-7-9-15-34(32)44(36,37)30-21-17-28(18-22-30)40-25-41-29-19-23-31(24-20-29)45(38,39)35-16-10-8-14-33(35)43-27(4)12-6-2/h7-10,13-24,26-27H,5-6,11-12,25H2,1-4H3. The maximum absolute atomic E-state index is 13.4. The molecule has 45 heavy (non-hydrogen) atoms. The third-order valence-corrected chi connectivity index (χ3v) is 10.7. The molecule has 240 valence electrons. The monoisotopic (exact) mass is 652 g/mol. The van der Waals surface area contributed by atoms with Crippen LogP contribution in [-0.2, 0) is 19.7 Å². The van der Waals surface area contributed by atoms with Gasteiger partial charge in [-0.1, -0.05) is 51.0 Å². The fraction of sp³-hybridized carbons (Fsp3) is 0.314. The minimum Gasteiger partial charge on any atom is -0.489 e. The van der Waals surface area contributed by atoms with Crippen LogP contribution < -0.4 is 18.9 Å². The smallest absolute Gasteiger partial charge is 0.230 e. The largest absolute Gasteiger partial charge is 0.489 e. The van der Waals surface area contributed by atoms with Gasteiger partial charge in [0.05, 0.1) is 22.0 Å². The van der Waals surface area contributed by atoms with Gasteiger partial charge in [-0.3, -0.25) is 0 Å². The van der Waals surface area contributed by atoms with Crippen molar-refractivity contribution >= 4 is 19.7 Å². The van der Waals surface area contributed by atoms with Crippen LogP contribution in [0.2, 0.25) is 0 Å². The van der Waals surface area contributed by atoms with Crippen LogP contribution in [0.5, 0.6) is 23.0 Å². The number of ether oxygens (including phenoxy) is 4. The van der Waals surface area contributed by atoms with E-state index in [4.69, 9.17) is 18.9 Å². The highest BCUT2D eigenvalue weighted by atomic mass is 32.2. The van der Waals surface area contributed by atoms with Crippen molar-refractivity contribution < 1.29 is 35.8 Å². The SMILES string of the molecule is CCCC(C)Oc1ccccc1S(=O)(=O)c1ccc(OCOc2ccc(S(=O)(=O)c3ccccc3OC(C)CCC)cc2)cc1. The van der Waals surface area contributed by atoms with Crippen LogP contribution in [0.4, 0.5) is 0 Å². The molecule has 2 atom stereocenters. The van der Waals surface area contributed by atoms with Crippen LogP contribution in [0.15, 0.2) is 117 Å². The van der Waals surface area contributed by atoms with Crippen molar-refractivity contribution in [2.75, 3.05) is 6.79 Å². The summed E-state index contributed by atoms with van der Waals surface area (Å²) >= 11 is 0. The van der Waals surface area contributed by atoms with E-state index in [1.54, 1.807) is 72.8 Å². The molecule has 10 heteroatoms. The zero-order chi connectivity index (χ0) is 32.5. The van der Waals surface area contributed by atoms with Crippen LogP contribution in [-0.4, -0.2) is 35.8 Å². The Balaban J connectivity index is 1.38. The van der Waals surface area contributed by atoms with Crippen LogP contribution in [0.25, 0.3) is 0 Å². The van der Waals surface area contributed by atoms with Gasteiger partial charge in [0.25, 0.3) is 0 Å². The van der Waals surface area contributed by atoms with Crippen LogP contribution in [0, 0.1) is 0 Å². The Bertz CT molecular complexity index is 1620. The van der Waals surface area contributed by atoms with Gasteiger partial charge in [0.15, 0.2) is 0 Å². The maximum atomic E-state index is 13.4. The molecule has 2 unspecified atom stereocenters. The average Bonchev–Trinajstić information content (AvgIpc) is 3.02. The number of hydrogen-bond acceptors (Lipinski definition) is 8. The molecule has 0 aliphatic rings. The molecule has 0 spiro atoms. The first-order valence-electron chi connectivity index (χ1n) is 15.0. The molecule has 0 aliphatic carbocycles. The molecule has 4 aromatic carbocycles. The molecule has 8 nitrogen and oxygen atoms in total. The highest BCUT2D eigenvalue weighted by Gasteiger charge is 2.24. The summed E-state index contributed by atoms with van der Waals surface area (Å²) in [5, 5.41) is 0. The van der Waals surface area contributed by atoms with Crippen molar-refractivity contribution in [1.29, 1.82) is 0 Å². The van der Waals surface area contributed by atoms with Crippen molar-refractivity contribution in [2.45, 2.75) is 85.2 Å². The number of hydrogen-bond donors (Lipinski definition) is 0. The Morgan fingerprint density at radius 1 is 0.533 bits per heavy atom. The van der Waals surface area contributed by atoms with E-state index in [1.807, 2.05) is 27.7 Å². The van der Waals surface area contributed by atoms with Gasteiger partial charge in [-0.15, -0.1) is 0 Å². The first-order chi connectivity index (χ1) is 21.6. The topological polar surface area (TPSA) is 105 Å². The van der Waals surface area contributed by atoms with E-state index in [1.165, 1.54) is 24.3 Å². The van der Waals surface area contributed by atoms with Crippen molar-refractivity contribution in [3.8, 4) is 23.0 Å². The third kappa shape index (κ3) is 8.58. The number of para-hydroxylation sites is 2. The molecule has 0 saturated carbocycles. The van der Waals surface area contributed by atoms with Crippen LogP contribution >= 0.6 is 0 Å². The first-order valence-corrected chi connectivity index (χ1v) is 18.0. The fourth-order valence-electron chi connectivity index (χ4n) is 4.75. The molecule has 0 aromatic heterocycles. The maximum Gasteiger partial charge on any atom is 0.230 e. The molecular weight excluding hydrogens is 613 g/mol. The number of rotatable bonds is 16. The Hall–Kier alpha value is -4.02. The molecular formula is C35H40O8S2. The third-order valence-electron chi connectivity index (χ3n) is 7.04. The van der Waals surface area contributed by atoms with Crippen molar-refractivity contribution in [2.24, 2.45) is 0 Å². The summed E-state index contributed by atoms with van der Waals surface area (Å²) in [5.74, 6) is 1.46. The van der Waals surface area contributed by atoms with E-state index in [9.17, 15) is 16.8 Å². The van der Waals surface area contributed by atoms with Gasteiger partial charge in [0, 0.05) is 0 Å². The van der Waals surface area contributed by atoms with Gasteiger partial charge in [0.2, 0.25) is 26.5 Å². The minimum atomic E-state index is -3.83. The van der Waals surface area contributed by atoms with Gasteiger partial charge in [-0.05, 0) is 99.5 Å². The Morgan fingerprint density at radius 2 is 0.889 bits per heavy atom. The zero-order valence-electron chi connectivity index (χ0n) is 26.0. The highest BCUT2D eigenvalue weighted by molar-refractivity contribution is 7.92. The summed E-state index contributed by atoms with van der Waals surface area (Å²) < 4.78 is 76.7. The van der Waals surface area contributed by atoms with Crippen LogP contribution in [0.1, 0.15) is 53.4 Å². The highest BCUT2D eigenvalue weighted by Crippen LogP contribution is 2.33. The Morgan fingerprint density at radius 3 is 1.24 bits per heavy atom. The molecule has 0 bridgehead atoms. The lowest BCUT2D eigenvalue weighted by Gasteiger charge is -2.17. The summed E-state index contributed by atoms with van der Waals surface area (Å²) in [6.45, 7) is 7.77. The quantitative estimate of drug-likeness (QED) is 0.113. The summed E-state index contributed by atoms with van der Waals surface area (Å²) in [7, 11) is -7.65. The molecule has 0 radical (unpaired) electrons. The van der Waals surface area contributed by atoms with E-state index in [-0.39, 0.29) is 38.6 Å². The number of sulfone groups is 2. The van der Waals surface area contributed by atoms with E-state index in [0.717, 1.165) is 25.7 Å². The lowest BCUT2D eigenvalue weighted by Crippen LogP contribution is -2.14. The van der Waals surface area contributed by atoms with Gasteiger partial charge in [-0.2, -0.15) is 0 Å². The van der Waals surface area contributed by atoms with E-state index in [0.29, 0.717) is 23.0 Å². The molecule has 0 amide bonds. The summed E-state index contributed by atoms with van der Waals surface area (Å²) in [6.07, 6.45) is 3.26. The normalized spacial score (nSPS) is 13.1. The molecule has 0 N–H and O–H groups in total. The van der Waals surface area contributed by atoms with Crippen molar-refractivity contribution in [1.82, 2.24) is 0 Å². The van der Waals surface area contributed by atoms with E-state index < -0.39 is 19.7 Å². The van der Waals surface area contributed by atoms with E-state index >= 15 is 0 Å². The second-order valence-corrected chi connectivity index (χ2v) is 14.5. The lowest BCUT2D eigenvalue weighted by molar-refractivity contribution is 0.119. The molecule has 0 fully saturated rings. The van der Waals surface area contributed by atoms with Gasteiger partial charge in [0.1, 0.15) is 32.8 Å². The number of benzene rings is 4. The lowest BCUT2D eigenvalue weighted by atomic mass is 10.2. The molecule has 0 heterocycles. The Labute approximate surface area is 266 Å². The first kappa shape index (κ1) is 33.9. The van der Waals surface area contributed by atoms with Gasteiger partial charge >= 0.3 is 0 Å². The van der Waals surface area contributed by atoms with Crippen molar-refractivity contribution in [3.05, 3.63) is 97.1 Å². The predicted octanol–water partition coefficient (Wildman–Crippen LogP) is 7.90. The average molecular weight is 653 g/mol.